The van der Waals surface area contributed by atoms with Crippen molar-refractivity contribution in [1.29, 1.82) is 0 Å². The number of nitrogens with one attached hydrogen (secondary N) is 3. The topological polar surface area (TPSA) is 166 Å². The largest absolute Gasteiger partial charge is 0.495 e. The number of hydrogen-bond acceptors (Lipinski definition) is 9. The summed E-state index contributed by atoms with van der Waals surface area (Å²) in [5, 5.41) is 17.9. The first-order valence-corrected chi connectivity index (χ1v) is 15.7. The Morgan fingerprint density at radius 3 is 2.56 bits per heavy atom. The van der Waals surface area contributed by atoms with Crippen LogP contribution < -0.4 is 30.5 Å². The van der Waals surface area contributed by atoms with E-state index in [0.29, 0.717) is 47.9 Å². The predicted octanol–water partition coefficient (Wildman–Crippen LogP) is 3.86. The predicted molar refractivity (Wildman–Crippen MR) is 171 cm³/mol. The van der Waals surface area contributed by atoms with E-state index >= 15 is 0 Å². The lowest BCUT2D eigenvalue weighted by Gasteiger charge is -2.43. The molecule has 1 aromatic carbocycles. The number of benzene rings is 1. The molecule has 45 heavy (non-hydrogen) atoms. The highest BCUT2D eigenvalue weighted by Gasteiger charge is 2.41. The number of hydrogen-bond donors (Lipinski definition) is 4. The number of likely N-dealkylation sites (N-methyl/N-ethyl adjacent to an activating group) is 1. The van der Waals surface area contributed by atoms with Gasteiger partial charge in [0.05, 0.1) is 19.0 Å². The Bertz CT molecular complexity index is 1390. The molecule has 1 aliphatic heterocycles. The molecule has 1 fully saturated rings. The van der Waals surface area contributed by atoms with Gasteiger partial charge < -0.3 is 35.6 Å². The smallest absolute Gasteiger partial charge is 0.326 e. The first-order valence-electron chi connectivity index (χ1n) is 15.7. The molecule has 13 heteroatoms. The summed E-state index contributed by atoms with van der Waals surface area (Å²) in [6.07, 6.45) is 7.44. The van der Waals surface area contributed by atoms with Crippen molar-refractivity contribution in [3.05, 3.63) is 30.0 Å². The SMILES string of the molecule is CC[C@@H]1C(=O)N(C)c2cnc(Nc3ccc(C(=O)NCCCC(=O)N[C@@H](CC(C)C)C(=O)O)cc3OC)nc2N1C1CCCC1. The third-order valence-electron chi connectivity index (χ3n) is 8.33. The Morgan fingerprint density at radius 1 is 1.18 bits per heavy atom. The van der Waals surface area contributed by atoms with E-state index in [1.54, 1.807) is 36.3 Å². The Kier molecular flexibility index (Phi) is 11.2. The third-order valence-corrected chi connectivity index (χ3v) is 8.33. The number of rotatable bonds is 14. The van der Waals surface area contributed by atoms with Gasteiger partial charge in [0.2, 0.25) is 17.8 Å². The molecule has 13 nitrogen and oxygen atoms in total. The number of carboxylic acid groups (broad SMARTS) is 1. The van der Waals surface area contributed by atoms with Gasteiger partial charge in [-0.1, -0.05) is 33.6 Å². The fraction of sp³-hybridized carbons (Fsp3) is 0.562. The van der Waals surface area contributed by atoms with Crippen LogP contribution in [0.5, 0.6) is 5.75 Å². The van der Waals surface area contributed by atoms with Gasteiger partial charge in [-0.3, -0.25) is 14.4 Å². The Labute approximate surface area is 264 Å². The van der Waals surface area contributed by atoms with Crippen molar-refractivity contribution in [2.75, 3.05) is 35.8 Å². The second-order valence-electron chi connectivity index (χ2n) is 12.1. The molecule has 0 saturated heterocycles. The molecule has 3 amide bonds. The maximum Gasteiger partial charge on any atom is 0.326 e. The minimum Gasteiger partial charge on any atom is -0.495 e. The zero-order valence-electron chi connectivity index (χ0n) is 26.8. The van der Waals surface area contributed by atoms with Crippen molar-refractivity contribution in [3.63, 3.8) is 0 Å². The number of ether oxygens (including phenoxy) is 1. The molecule has 2 aromatic rings. The molecular weight excluding hydrogens is 578 g/mol. The number of anilines is 4. The molecule has 2 aliphatic rings. The van der Waals surface area contributed by atoms with Crippen LogP contribution in [0.3, 0.4) is 0 Å². The minimum absolute atomic E-state index is 0.0495. The van der Waals surface area contributed by atoms with Gasteiger partial charge in [-0.2, -0.15) is 4.98 Å². The molecule has 0 radical (unpaired) electrons. The average Bonchev–Trinajstić information content (AvgIpc) is 3.55. The Balaban J connectivity index is 1.40. The van der Waals surface area contributed by atoms with Gasteiger partial charge in [0.1, 0.15) is 23.5 Å². The first-order chi connectivity index (χ1) is 21.5. The zero-order chi connectivity index (χ0) is 32.7. The van der Waals surface area contributed by atoms with Gasteiger partial charge in [0, 0.05) is 31.6 Å². The molecule has 2 heterocycles. The highest BCUT2D eigenvalue weighted by Crippen LogP contribution is 2.40. The summed E-state index contributed by atoms with van der Waals surface area (Å²) in [7, 11) is 3.27. The summed E-state index contributed by atoms with van der Waals surface area (Å²) >= 11 is 0. The van der Waals surface area contributed by atoms with E-state index in [1.807, 2.05) is 20.8 Å². The highest BCUT2D eigenvalue weighted by atomic mass is 16.5. The number of nitrogens with zero attached hydrogens (tertiary/aromatic N) is 4. The highest BCUT2D eigenvalue weighted by molar-refractivity contribution is 6.04. The molecular formula is C32H45N7O6. The number of carbonyl (C=O) groups excluding carboxylic acids is 3. The summed E-state index contributed by atoms with van der Waals surface area (Å²) in [5.74, 6) is -0.0855. The van der Waals surface area contributed by atoms with Gasteiger partial charge in [0.25, 0.3) is 5.91 Å². The first kappa shape index (κ1) is 33.5. The Hall–Kier alpha value is -4.42. The van der Waals surface area contributed by atoms with E-state index in [4.69, 9.17) is 9.72 Å². The Morgan fingerprint density at radius 2 is 1.91 bits per heavy atom. The average molecular weight is 624 g/mol. The van der Waals surface area contributed by atoms with Crippen LogP contribution in [0.25, 0.3) is 0 Å². The van der Waals surface area contributed by atoms with E-state index < -0.39 is 12.0 Å². The summed E-state index contributed by atoms with van der Waals surface area (Å²) in [6.45, 7) is 6.05. The van der Waals surface area contributed by atoms with Crippen molar-refractivity contribution >= 4 is 46.8 Å². The number of carbonyl (C=O) groups is 4. The van der Waals surface area contributed by atoms with Crippen LogP contribution in [0, 0.1) is 5.92 Å². The van der Waals surface area contributed by atoms with Crippen molar-refractivity contribution in [1.82, 2.24) is 20.6 Å². The van der Waals surface area contributed by atoms with Gasteiger partial charge in [0.15, 0.2) is 5.82 Å². The maximum atomic E-state index is 13.2. The molecule has 4 N–H and O–H groups in total. The van der Waals surface area contributed by atoms with Crippen LogP contribution in [0.4, 0.5) is 23.1 Å². The zero-order valence-corrected chi connectivity index (χ0v) is 26.8. The van der Waals surface area contributed by atoms with E-state index in [9.17, 15) is 24.3 Å². The quantitative estimate of drug-likeness (QED) is 0.227. The second-order valence-corrected chi connectivity index (χ2v) is 12.1. The van der Waals surface area contributed by atoms with Crippen molar-refractivity contribution in [3.8, 4) is 5.75 Å². The van der Waals surface area contributed by atoms with E-state index in [1.165, 1.54) is 7.11 Å². The molecule has 0 bridgehead atoms. The fourth-order valence-corrected chi connectivity index (χ4v) is 6.01. The standard InChI is InChI=1S/C32H45N7O6/c1-6-24-30(42)38(4)25-18-34-32(37-28(25)39(24)21-10-7-8-11-21)36-22-14-13-20(17-26(22)45-5)29(41)33-15-9-12-27(40)35-23(31(43)44)16-19(2)3/h13-14,17-19,21,23-24H,6-12,15-16H2,1-5H3,(H,33,41)(H,35,40)(H,43,44)(H,34,36,37)/t23-,24+/m0/s1. The third kappa shape index (κ3) is 8.00. The van der Waals surface area contributed by atoms with Crippen molar-refractivity contribution in [2.45, 2.75) is 90.3 Å². The van der Waals surface area contributed by atoms with Crippen molar-refractivity contribution in [2.24, 2.45) is 5.92 Å². The number of fused-ring (bicyclic) bond motifs is 1. The lowest BCUT2D eigenvalue weighted by atomic mass is 10.0. The van der Waals surface area contributed by atoms with Crippen molar-refractivity contribution < 1.29 is 29.0 Å². The summed E-state index contributed by atoms with van der Waals surface area (Å²) in [6, 6.07) is 4.02. The molecule has 1 aliphatic carbocycles. The molecule has 244 valence electrons. The molecule has 0 spiro atoms. The monoisotopic (exact) mass is 623 g/mol. The van der Waals surface area contributed by atoms with Gasteiger partial charge in [-0.15, -0.1) is 0 Å². The van der Waals surface area contributed by atoms with Crippen LogP contribution in [0.2, 0.25) is 0 Å². The van der Waals surface area contributed by atoms with Crippen LogP contribution in [-0.4, -0.2) is 77.6 Å². The number of carboxylic acids is 1. The fourth-order valence-electron chi connectivity index (χ4n) is 6.01. The van der Waals surface area contributed by atoms with Crippen LogP contribution in [-0.2, 0) is 14.4 Å². The normalized spacial score (nSPS) is 17.2. The number of amides is 3. The molecule has 1 aromatic heterocycles. The molecule has 4 rings (SSSR count). The van der Waals surface area contributed by atoms with Gasteiger partial charge >= 0.3 is 5.97 Å². The van der Waals surface area contributed by atoms with E-state index in [-0.39, 0.29) is 48.7 Å². The summed E-state index contributed by atoms with van der Waals surface area (Å²) in [5.41, 5.74) is 1.62. The maximum absolute atomic E-state index is 13.2. The lowest BCUT2D eigenvalue weighted by Crippen LogP contribution is -2.55. The molecule has 0 unspecified atom stereocenters. The summed E-state index contributed by atoms with van der Waals surface area (Å²) < 4.78 is 5.57. The van der Waals surface area contributed by atoms with Crippen LogP contribution in [0.15, 0.2) is 24.4 Å². The second kappa shape index (κ2) is 15.0. The number of methoxy groups -OCH3 is 1. The number of aromatic nitrogens is 2. The van der Waals surface area contributed by atoms with Crippen LogP contribution in [0.1, 0.15) is 82.5 Å². The van der Waals surface area contributed by atoms with E-state index in [2.05, 4.69) is 25.8 Å². The minimum atomic E-state index is -1.06. The van der Waals surface area contributed by atoms with Crippen LogP contribution >= 0.6 is 0 Å². The molecule has 1 saturated carbocycles. The van der Waals surface area contributed by atoms with Gasteiger partial charge in [-0.05, 0) is 56.2 Å². The number of aliphatic carboxylic acids is 1. The molecule has 2 atom stereocenters. The summed E-state index contributed by atoms with van der Waals surface area (Å²) in [4.78, 5) is 62.7. The van der Waals surface area contributed by atoms with E-state index in [0.717, 1.165) is 31.5 Å². The lowest BCUT2D eigenvalue weighted by molar-refractivity contribution is -0.142. The van der Waals surface area contributed by atoms with Gasteiger partial charge in [-0.25, -0.2) is 9.78 Å².